The van der Waals surface area contributed by atoms with E-state index in [-0.39, 0.29) is 5.84 Å². The molecular formula is C13H23N5O. The molecule has 19 heavy (non-hydrogen) atoms. The summed E-state index contributed by atoms with van der Waals surface area (Å²) in [7, 11) is 1.95. The summed E-state index contributed by atoms with van der Waals surface area (Å²) in [6, 6.07) is 0.312. The number of hydrogen-bond acceptors (Lipinski definition) is 5. The molecule has 1 rings (SSSR count). The number of nitrogens with zero attached hydrogens (tertiary/aromatic N) is 4. The summed E-state index contributed by atoms with van der Waals surface area (Å²) < 4.78 is 0. The number of aryl methyl sites for hydroxylation is 1. The van der Waals surface area contributed by atoms with Crippen molar-refractivity contribution in [2.24, 2.45) is 10.9 Å². The summed E-state index contributed by atoms with van der Waals surface area (Å²) in [5, 5.41) is 20.4. The summed E-state index contributed by atoms with van der Waals surface area (Å²) in [4.78, 5) is 2.02. The standard InChI is InChI=1S/C13H23N5O/c1-6-7-8(2)18(5)13-11(12(14)17-19)9(3)10(4)15-16-13/h8,19H,6-7H2,1-5H3,(H2,14,17). The lowest BCUT2D eigenvalue weighted by molar-refractivity contribution is 0.318. The molecule has 1 heterocycles. The van der Waals surface area contributed by atoms with Crippen molar-refractivity contribution < 1.29 is 5.21 Å². The summed E-state index contributed by atoms with van der Waals surface area (Å²) in [5.74, 6) is 0.723. The number of rotatable bonds is 5. The van der Waals surface area contributed by atoms with Crippen molar-refractivity contribution in [1.29, 1.82) is 0 Å². The van der Waals surface area contributed by atoms with Crippen molar-refractivity contribution in [1.82, 2.24) is 10.2 Å². The molecule has 0 saturated heterocycles. The van der Waals surface area contributed by atoms with Crippen molar-refractivity contribution in [2.45, 2.75) is 46.6 Å². The van der Waals surface area contributed by atoms with E-state index in [1.807, 2.05) is 25.8 Å². The molecule has 0 bridgehead atoms. The molecule has 1 aromatic heterocycles. The van der Waals surface area contributed by atoms with Gasteiger partial charge < -0.3 is 15.8 Å². The zero-order valence-corrected chi connectivity index (χ0v) is 12.3. The molecule has 0 radical (unpaired) electrons. The Morgan fingerprint density at radius 2 is 2.05 bits per heavy atom. The molecule has 0 saturated carbocycles. The van der Waals surface area contributed by atoms with Crippen LogP contribution in [-0.4, -0.2) is 34.3 Å². The Morgan fingerprint density at radius 3 is 2.58 bits per heavy atom. The van der Waals surface area contributed by atoms with Crippen molar-refractivity contribution in [3.63, 3.8) is 0 Å². The third-order valence-corrected chi connectivity index (χ3v) is 3.50. The van der Waals surface area contributed by atoms with Gasteiger partial charge in [-0.1, -0.05) is 18.5 Å². The van der Waals surface area contributed by atoms with E-state index in [9.17, 15) is 0 Å². The first-order chi connectivity index (χ1) is 8.93. The average Bonchev–Trinajstić information content (AvgIpc) is 2.40. The van der Waals surface area contributed by atoms with Gasteiger partial charge in [-0.3, -0.25) is 0 Å². The lowest BCUT2D eigenvalue weighted by Crippen LogP contribution is -2.33. The average molecular weight is 265 g/mol. The molecule has 6 heteroatoms. The Morgan fingerprint density at radius 1 is 1.42 bits per heavy atom. The number of nitrogens with two attached hydrogens (primary N) is 1. The van der Waals surface area contributed by atoms with Gasteiger partial charge in [-0.25, -0.2) is 0 Å². The maximum absolute atomic E-state index is 8.95. The van der Waals surface area contributed by atoms with Crippen LogP contribution in [0.2, 0.25) is 0 Å². The fraction of sp³-hybridized carbons (Fsp3) is 0.615. The summed E-state index contributed by atoms with van der Waals surface area (Å²) in [6.07, 6.45) is 2.13. The van der Waals surface area contributed by atoms with Crippen molar-refractivity contribution in [3.8, 4) is 0 Å². The number of oxime groups is 1. The fourth-order valence-electron chi connectivity index (χ4n) is 2.02. The van der Waals surface area contributed by atoms with Crippen LogP contribution in [0.5, 0.6) is 0 Å². The van der Waals surface area contributed by atoms with E-state index in [0.29, 0.717) is 17.4 Å². The van der Waals surface area contributed by atoms with Gasteiger partial charge in [-0.15, -0.1) is 5.10 Å². The second kappa shape index (κ2) is 6.36. The molecule has 6 nitrogen and oxygen atoms in total. The number of amidine groups is 1. The zero-order chi connectivity index (χ0) is 14.6. The van der Waals surface area contributed by atoms with Crippen LogP contribution in [0.15, 0.2) is 5.16 Å². The fourth-order valence-corrected chi connectivity index (χ4v) is 2.02. The first kappa shape index (κ1) is 15.2. The zero-order valence-electron chi connectivity index (χ0n) is 12.3. The minimum absolute atomic E-state index is 0.0704. The monoisotopic (exact) mass is 265 g/mol. The molecule has 106 valence electrons. The van der Waals surface area contributed by atoms with Crippen LogP contribution in [0, 0.1) is 13.8 Å². The molecule has 1 atom stereocenters. The second-order valence-corrected chi connectivity index (χ2v) is 4.84. The van der Waals surface area contributed by atoms with E-state index in [4.69, 9.17) is 10.9 Å². The maximum atomic E-state index is 8.95. The summed E-state index contributed by atoms with van der Waals surface area (Å²) in [5.41, 5.74) is 8.10. The lowest BCUT2D eigenvalue weighted by atomic mass is 10.1. The highest BCUT2D eigenvalue weighted by molar-refractivity contribution is 6.02. The number of anilines is 1. The first-order valence-corrected chi connectivity index (χ1v) is 6.48. The van der Waals surface area contributed by atoms with Crippen LogP contribution >= 0.6 is 0 Å². The molecule has 0 fully saturated rings. The predicted molar refractivity (Wildman–Crippen MR) is 76.8 cm³/mol. The van der Waals surface area contributed by atoms with Crippen LogP contribution in [0.4, 0.5) is 5.82 Å². The summed E-state index contributed by atoms with van der Waals surface area (Å²) >= 11 is 0. The van der Waals surface area contributed by atoms with Crippen LogP contribution in [0.25, 0.3) is 0 Å². The van der Waals surface area contributed by atoms with E-state index in [2.05, 4.69) is 29.2 Å². The molecule has 1 aromatic rings. The molecule has 0 aromatic carbocycles. The Bertz CT molecular complexity index is 472. The number of aromatic nitrogens is 2. The van der Waals surface area contributed by atoms with E-state index >= 15 is 0 Å². The molecular weight excluding hydrogens is 242 g/mol. The maximum Gasteiger partial charge on any atom is 0.174 e. The number of hydrogen-bond donors (Lipinski definition) is 2. The molecule has 0 amide bonds. The Kier molecular flexibility index (Phi) is 5.09. The van der Waals surface area contributed by atoms with Gasteiger partial charge in [0.1, 0.15) is 0 Å². The highest BCUT2D eigenvalue weighted by Gasteiger charge is 2.20. The third-order valence-electron chi connectivity index (χ3n) is 3.50. The SMILES string of the molecule is CCCC(C)N(C)c1nnc(C)c(C)c1/C(N)=N/O. The molecule has 0 aliphatic heterocycles. The van der Waals surface area contributed by atoms with Crippen LogP contribution in [-0.2, 0) is 0 Å². The molecule has 0 aliphatic carbocycles. The molecule has 0 spiro atoms. The van der Waals surface area contributed by atoms with Gasteiger partial charge >= 0.3 is 0 Å². The smallest absolute Gasteiger partial charge is 0.174 e. The second-order valence-electron chi connectivity index (χ2n) is 4.84. The minimum Gasteiger partial charge on any atom is -0.409 e. The third kappa shape index (κ3) is 3.13. The lowest BCUT2D eigenvalue weighted by Gasteiger charge is -2.27. The Labute approximate surface area is 114 Å². The summed E-state index contributed by atoms with van der Waals surface area (Å²) in [6.45, 7) is 8.02. The van der Waals surface area contributed by atoms with E-state index in [0.717, 1.165) is 24.1 Å². The van der Waals surface area contributed by atoms with Crippen LogP contribution < -0.4 is 10.6 Å². The Balaban J connectivity index is 3.31. The molecule has 0 aliphatic rings. The molecule has 3 N–H and O–H groups in total. The van der Waals surface area contributed by atoms with E-state index in [1.54, 1.807) is 0 Å². The topological polar surface area (TPSA) is 87.6 Å². The van der Waals surface area contributed by atoms with Crippen LogP contribution in [0.1, 0.15) is 43.5 Å². The first-order valence-electron chi connectivity index (χ1n) is 6.48. The normalized spacial score (nSPS) is 13.4. The van der Waals surface area contributed by atoms with Gasteiger partial charge in [-0.05, 0) is 32.8 Å². The van der Waals surface area contributed by atoms with Crippen molar-refractivity contribution in [3.05, 3.63) is 16.8 Å². The quantitative estimate of drug-likeness (QED) is 0.367. The predicted octanol–water partition coefficient (Wildman–Crippen LogP) is 1.81. The molecule has 1 unspecified atom stereocenters. The van der Waals surface area contributed by atoms with Gasteiger partial charge in [0, 0.05) is 13.1 Å². The Hall–Kier alpha value is -1.85. The van der Waals surface area contributed by atoms with Gasteiger partial charge in [0.05, 0.1) is 11.3 Å². The van der Waals surface area contributed by atoms with Gasteiger partial charge in [0.25, 0.3) is 0 Å². The van der Waals surface area contributed by atoms with Crippen molar-refractivity contribution >= 4 is 11.7 Å². The van der Waals surface area contributed by atoms with Crippen LogP contribution in [0.3, 0.4) is 0 Å². The highest BCUT2D eigenvalue weighted by Crippen LogP contribution is 2.23. The van der Waals surface area contributed by atoms with Crippen molar-refractivity contribution in [2.75, 3.05) is 11.9 Å². The van der Waals surface area contributed by atoms with E-state index in [1.165, 1.54) is 0 Å². The highest BCUT2D eigenvalue weighted by atomic mass is 16.4. The van der Waals surface area contributed by atoms with Gasteiger partial charge in [-0.2, -0.15) is 5.10 Å². The largest absolute Gasteiger partial charge is 0.409 e. The van der Waals surface area contributed by atoms with E-state index < -0.39 is 0 Å². The minimum atomic E-state index is 0.0704. The van der Waals surface area contributed by atoms with Gasteiger partial charge in [0.15, 0.2) is 11.7 Å². The van der Waals surface area contributed by atoms with Gasteiger partial charge in [0.2, 0.25) is 0 Å².